The molecule has 0 aromatic heterocycles. The number of hydrogen-bond donors (Lipinski definition) is 1. The second kappa shape index (κ2) is 9.53. The Morgan fingerprint density at radius 1 is 1.40 bits per heavy atom. The van der Waals surface area contributed by atoms with Crippen molar-refractivity contribution in [3.63, 3.8) is 0 Å². The van der Waals surface area contributed by atoms with Crippen LogP contribution in [0.2, 0.25) is 0 Å². The Morgan fingerprint density at radius 3 is 2.75 bits per heavy atom. The number of carbonyl (C=O) groups is 1. The molecule has 0 aliphatic heterocycles. The number of benzene rings is 1. The molecule has 0 aliphatic carbocycles. The Kier molecular flexibility index (Phi) is 7.95. The number of halogens is 1. The summed E-state index contributed by atoms with van der Waals surface area (Å²) in [6.07, 6.45) is 1.73. The van der Waals surface area contributed by atoms with Crippen LogP contribution in [0.1, 0.15) is 12.5 Å². The van der Waals surface area contributed by atoms with Crippen LogP contribution >= 0.6 is 11.6 Å². The van der Waals surface area contributed by atoms with Crippen LogP contribution in [0.5, 0.6) is 0 Å². The summed E-state index contributed by atoms with van der Waals surface area (Å²) in [5.74, 6) is -0.476. The lowest BCUT2D eigenvalue weighted by Gasteiger charge is -2.14. The van der Waals surface area contributed by atoms with Crippen molar-refractivity contribution in [1.29, 1.82) is 0 Å². The van der Waals surface area contributed by atoms with Gasteiger partial charge in [-0.15, -0.1) is 11.6 Å². The maximum absolute atomic E-state index is 11.1. The van der Waals surface area contributed by atoms with Gasteiger partial charge in [-0.3, -0.25) is 0 Å². The summed E-state index contributed by atoms with van der Waals surface area (Å²) < 4.78 is 10.1. The molecule has 0 fully saturated rings. The van der Waals surface area contributed by atoms with E-state index >= 15 is 0 Å². The Labute approximate surface area is 124 Å². The molecule has 4 nitrogen and oxygen atoms in total. The molecule has 5 heteroatoms. The van der Waals surface area contributed by atoms with Crippen molar-refractivity contribution in [2.45, 2.75) is 25.0 Å². The van der Waals surface area contributed by atoms with Crippen molar-refractivity contribution >= 4 is 17.6 Å². The number of aliphatic hydroxyl groups excluding tert-OH is 1. The van der Waals surface area contributed by atoms with Crippen molar-refractivity contribution in [2.24, 2.45) is 0 Å². The Hall–Kier alpha value is -1.36. The molecule has 0 bridgehead atoms. The number of aliphatic hydroxyl groups is 1. The number of carbonyl (C=O) groups excluding carboxylic acids is 1. The van der Waals surface area contributed by atoms with E-state index in [9.17, 15) is 9.90 Å². The van der Waals surface area contributed by atoms with Crippen LogP contribution in [0.4, 0.5) is 0 Å². The van der Waals surface area contributed by atoms with E-state index in [1.165, 1.54) is 12.2 Å². The fourth-order valence-corrected chi connectivity index (χ4v) is 1.60. The number of esters is 1. The second-order valence-corrected chi connectivity index (χ2v) is 4.63. The highest BCUT2D eigenvalue weighted by Crippen LogP contribution is 2.08. The van der Waals surface area contributed by atoms with E-state index in [1.807, 2.05) is 30.3 Å². The van der Waals surface area contributed by atoms with E-state index in [0.717, 1.165) is 5.56 Å². The molecule has 1 aromatic rings. The lowest BCUT2D eigenvalue weighted by atomic mass is 10.2. The zero-order valence-electron chi connectivity index (χ0n) is 11.4. The molecule has 0 aliphatic rings. The van der Waals surface area contributed by atoms with Crippen LogP contribution in [0.15, 0.2) is 42.5 Å². The summed E-state index contributed by atoms with van der Waals surface area (Å²) in [6.45, 7) is 2.52. The van der Waals surface area contributed by atoms with Gasteiger partial charge in [0.1, 0.15) is 0 Å². The van der Waals surface area contributed by atoms with Gasteiger partial charge in [0.2, 0.25) is 0 Å². The van der Waals surface area contributed by atoms with Crippen LogP contribution < -0.4 is 0 Å². The second-order valence-electron chi connectivity index (χ2n) is 4.12. The molecule has 0 amide bonds. The predicted molar refractivity (Wildman–Crippen MR) is 77.5 cm³/mol. The van der Waals surface area contributed by atoms with Gasteiger partial charge in [-0.1, -0.05) is 36.4 Å². The molecular formula is C15H19ClO4. The molecule has 0 saturated heterocycles. The van der Waals surface area contributed by atoms with Crippen molar-refractivity contribution in [2.75, 3.05) is 13.2 Å². The smallest absolute Gasteiger partial charge is 0.330 e. The van der Waals surface area contributed by atoms with Crippen LogP contribution in [0.25, 0.3) is 0 Å². The summed E-state index contributed by atoms with van der Waals surface area (Å²) in [4.78, 5) is 11.1. The Balaban J connectivity index is 2.27. The zero-order chi connectivity index (χ0) is 14.8. The summed E-state index contributed by atoms with van der Waals surface area (Å²) in [5.41, 5.74) is 1.02. The van der Waals surface area contributed by atoms with Gasteiger partial charge in [0.15, 0.2) is 0 Å². The SMILES string of the molecule is CCOC(=O)/C=C/[C@@H](Cl)[C@H](O)COCc1ccccc1. The Bertz CT molecular complexity index is 419. The molecule has 2 atom stereocenters. The van der Waals surface area contributed by atoms with Gasteiger partial charge in [-0.05, 0) is 12.5 Å². The third kappa shape index (κ3) is 6.70. The predicted octanol–water partition coefficient (Wildman–Crippen LogP) is 2.29. The molecule has 110 valence electrons. The van der Waals surface area contributed by atoms with Gasteiger partial charge in [0.25, 0.3) is 0 Å². The lowest BCUT2D eigenvalue weighted by molar-refractivity contribution is -0.137. The van der Waals surface area contributed by atoms with Crippen LogP contribution in [0, 0.1) is 0 Å². The number of hydrogen-bond acceptors (Lipinski definition) is 4. The van der Waals surface area contributed by atoms with Crippen LogP contribution in [-0.2, 0) is 20.9 Å². The lowest BCUT2D eigenvalue weighted by Crippen LogP contribution is -2.25. The third-order valence-electron chi connectivity index (χ3n) is 2.47. The molecule has 1 N–H and O–H groups in total. The first kappa shape index (κ1) is 16.7. The van der Waals surface area contributed by atoms with Crippen molar-refractivity contribution in [3.05, 3.63) is 48.0 Å². The van der Waals surface area contributed by atoms with E-state index in [1.54, 1.807) is 6.92 Å². The summed E-state index contributed by atoms with van der Waals surface area (Å²) in [5, 5.41) is 9.08. The number of ether oxygens (including phenoxy) is 2. The van der Waals surface area contributed by atoms with Gasteiger partial charge >= 0.3 is 5.97 Å². The van der Waals surface area contributed by atoms with Crippen molar-refractivity contribution in [1.82, 2.24) is 0 Å². The Morgan fingerprint density at radius 2 is 2.10 bits per heavy atom. The van der Waals surface area contributed by atoms with Crippen LogP contribution in [-0.4, -0.2) is 35.8 Å². The monoisotopic (exact) mass is 298 g/mol. The minimum Gasteiger partial charge on any atom is -0.463 e. The standard InChI is InChI=1S/C15H19ClO4/c1-2-20-15(18)9-8-13(16)14(17)11-19-10-12-6-4-3-5-7-12/h3-9,13-14,17H,2,10-11H2,1H3/b9-8+/t13-,14-/m1/s1. The molecule has 0 unspecified atom stereocenters. The maximum atomic E-state index is 11.1. The molecular weight excluding hydrogens is 280 g/mol. The average Bonchev–Trinajstić information content (AvgIpc) is 2.46. The highest BCUT2D eigenvalue weighted by Gasteiger charge is 2.14. The summed E-state index contributed by atoms with van der Waals surface area (Å²) in [7, 11) is 0. The first-order chi connectivity index (χ1) is 9.63. The fraction of sp³-hybridized carbons (Fsp3) is 0.400. The summed E-state index contributed by atoms with van der Waals surface area (Å²) in [6, 6.07) is 9.63. The largest absolute Gasteiger partial charge is 0.463 e. The van der Waals surface area contributed by atoms with Crippen LogP contribution in [0.3, 0.4) is 0 Å². The van der Waals surface area contributed by atoms with Gasteiger partial charge in [0, 0.05) is 6.08 Å². The molecule has 0 radical (unpaired) electrons. The van der Waals surface area contributed by atoms with E-state index < -0.39 is 17.5 Å². The molecule has 0 saturated carbocycles. The van der Waals surface area contributed by atoms with E-state index in [0.29, 0.717) is 13.2 Å². The molecule has 20 heavy (non-hydrogen) atoms. The minimum absolute atomic E-state index is 0.0935. The number of rotatable bonds is 8. The first-order valence-corrected chi connectivity index (χ1v) is 6.86. The molecule has 0 spiro atoms. The van der Waals surface area contributed by atoms with E-state index in [4.69, 9.17) is 21.1 Å². The van der Waals surface area contributed by atoms with Gasteiger partial charge in [-0.25, -0.2) is 4.79 Å². The van der Waals surface area contributed by atoms with E-state index in [-0.39, 0.29) is 6.61 Å². The third-order valence-corrected chi connectivity index (χ3v) is 2.91. The molecule has 1 aromatic carbocycles. The van der Waals surface area contributed by atoms with Gasteiger partial charge < -0.3 is 14.6 Å². The zero-order valence-corrected chi connectivity index (χ0v) is 12.1. The van der Waals surface area contributed by atoms with E-state index in [2.05, 4.69) is 0 Å². The fourth-order valence-electron chi connectivity index (χ4n) is 1.45. The molecule has 1 rings (SSSR count). The van der Waals surface area contributed by atoms with Gasteiger partial charge in [0.05, 0.1) is 31.3 Å². The number of alkyl halides is 1. The average molecular weight is 299 g/mol. The normalized spacial score (nSPS) is 14.2. The van der Waals surface area contributed by atoms with Crippen molar-refractivity contribution in [3.8, 4) is 0 Å². The van der Waals surface area contributed by atoms with Crippen molar-refractivity contribution < 1.29 is 19.4 Å². The topological polar surface area (TPSA) is 55.8 Å². The highest BCUT2D eigenvalue weighted by atomic mass is 35.5. The summed E-state index contributed by atoms with van der Waals surface area (Å²) >= 11 is 5.93. The quantitative estimate of drug-likeness (QED) is 0.454. The van der Waals surface area contributed by atoms with Gasteiger partial charge in [-0.2, -0.15) is 0 Å². The maximum Gasteiger partial charge on any atom is 0.330 e. The first-order valence-electron chi connectivity index (χ1n) is 6.42. The highest BCUT2D eigenvalue weighted by molar-refractivity contribution is 6.22. The minimum atomic E-state index is -0.883. The molecule has 0 heterocycles.